The van der Waals surface area contributed by atoms with Crippen molar-refractivity contribution < 1.29 is 30.7 Å². The number of hydrogen-bond acceptors (Lipinski definition) is 1. The van der Waals surface area contributed by atoms with Crippen LogP contribution in [0.3, 0.4) is 0 Å². The third-order valence-corrected chi connectivity index (χ3v) is 4.06. The van der Waals surface area contributed by atoms with Crippen LogP contribution in [-0.2, 0) is 5.67 Å². The average Bonchev–Trinajstić information content (AvgIpc) is 2.42. The fraction of sp³-hybridized carbons (Fsp3) is 0.357. The molecular formula is C14H9ClF7NO. The van der Waals surface area contributed by atoms with E-state index in [9.17, 15) is 35.5 Å². The summed E-state index contributed by atoms with van der Waals surface area (Å²) in [5.41, 5.74) is -8.31. The van der Waals surface area contributed by atoms with Crippen LogP contribution in [0.25, 0.3) is 10.9 Å². The molecule has 1 aromatic carbocycles. The standard InChI is InChI=1S/C14H9ClF7NO/c1-5-3-7(12(16,13(17,18)19)14(20,21)22)4-8-10(5)23-6(2)9(15)11(8)24/h3-4H,1-2H3,(H,23,24). The Labute approximate surface area is 135 Å². The molecule has 1 aromatic heterocycles. The van der Waals surface area contributed by atoms with E-state index >= 15 is 0 Å². The third-order valence-electron chi connectivity index (χ3n) is 3.60. The van der Waals surface area contributed by atoms with Gasteiger partial charge in [0.1, 0.15) is 5.02 Å². The molecule has 0 fully saturated rings. The van der Waals surface area contributed by atoms with Gasteiger partial charge in [-0.25, -0.2) is 4.39 Å². The van der Waals surface area contributed by atoms with Crippen LogP contribution < -0.4 is 5.43 Å². The highest BCUT2D eigenvalue weighted by Crippen LogP contribution is 2.53. The maximum Gasteiger partial charge on any atom is 0.435 e. The molecule has 0 aliphatic heterocycles. The van der Waals surface area contributed by atoms with E-state index in [1.165, 1.54) is 6.92 Å². The quantitative estimate of drug-likeness (QED) is 0.692. The van der Waals surface area contributed by atoms with Crippen LogP contribution in [0.2, 0.25) is 5.02 Å². The molecule has 0 atom stereocenters. The number of benzene rings is 1. The van der Waals surface area contributed by atoms with Crippen LogP contribution in [0.4, 0.5) is 30.7 Å². The Kier molecular flexibility index (Phi) is 4.15. The molecular weight excluding hydrogens is 367 g/mol. The molecule has 0 saturated carbocycles. The SMILES string of the molecule is Cc1[nH]c2c(C)cc(C(F)(C(F)(F)F)C(F)(F)F)cc2c(=O)c1Cl. The van der Waals surface area contributed by atoms with Crippen molar-refractivity contribution >= 4 is 22.5 Å². The van der Waals surface area contributed by atoms with Crippen molar-refractivity contribution in [1.82, 2.24) is 4.98 Å². The van der Waals surface area contributed by atoms with Crippen LogP contribution in [0.15, 0.2) is 16.9 Å². The third kappa shape index (κ3) is 2.54. The molecule has 0 aliphatic rings. The van der Waals surface area contributed by atoms with E-state index in [2.05, 4.69) is 4.98 Å². The van der Waals surface area contributed by atoms with Crippen molar-refractivity contribution in [2.75, 3.05) is 0 Å². The predicted molar refractivity (Wildman–Crippen MR) is 73.9 cm³/mol. The molecule has 2 nitrogen and oxygen atoms in total. The molecule has 0 aliphatic carbocycles. The summed E-state index contributed by atoms with van der Waals surface area (Å²) in [5, 5.41) is -0.960. The first kappa shape index (κ1) is 18.6. The Morgan fingerprint density at radius 3 is 1.92 bits per heavy atom. The van der Waals surface area contributed by atoms with Gasteiger partial charge in [-0.1, -0.05) is 17.7 Å². The smallest absolute Gasteiger partial charge is 0.357 e. The minimum absolute atomic E-state index is 0.0163. The average molecular weight is 376 g/mol. The zero-order valence-electron chi connectivity index (χ0n) is 12.1. The van der Waals surface area contributed by atoms with Gasteiger partial charge in [0.15, 0.2) is 0 Å². The molecule has 0 radical (unpaired) electrons. The Balaban J connectivity index is 2.95. The number of aromatic nitrogens is 1. The summed E-state index contributed by atoms with van der Waals surface area (Å²) in [4.78, 5) is 14.6. The van der Waals surface area contributed by atoms with Crippen molar-refractivity contribution in [1.29, 1.82) is 0 Å². The number of H-pyrrole nitrogens is 1. The normalized spacial score (nSPS) is 13.6. The molecule has 1 N–H and O–H groups in total. The van der Waals surface area contributed by atoms with Crippen molar-refractivity contribution in [2.24, 2.45) is 0 Å². The lowest BCUT2D eigenvalue weighted by Crippen LogP contribution is -2.50. The van der Waals surface area contributed by atoms with E-state index in [0.717, 1.165) is 6.92 Å². The Hall–Kier alpha value is -1.77. The second-order valence-electron chi connectivity index (χ2n) is 5.26. The van der Waals surface area contributed by atoms with Gasteiger partial charge >= 0.3 is 18.0 Å². The fourth-order valence-electron chi connectivity index (χ4n) is 2.35. The van der Waals surface area contributed by atoms with E-state index in [4.69, 9.17) is 11.6 Å². The minimum atomic E-state index is -6.26. The number of aryl methyl sites for hydroxylation is 2. The lowest BCUT2D eigenvalue weighted by Gasteiger charge is -2.30. The number of rotatable bonds is 1. The zero-order valence-corrected chi connectivity index (χ0v) is 12.8. The van der Waals surface area contributed by atoms with Crippen molar-refractivity contribution in [3.63, 3.8) is 0 Å². The molecule has 1 heterocycles. The number of nitrogens with one attached hydrogen (secondary N) is 1. The van der Waals surface area contributed by atoms with Gasteiger partial charge in [-0.05, 0) is 25.5 Å². The first-order valence-electron chi connectivity index (χ1n) is 6.37. The van der Waals surface area contributed by atoms with Crippen LogP contribution >= 0.6 is 11.6 Å². The fourth-order valence-corrected chi connectivity index (χ4v) is 2.50. The first-order valence-corrected chi connectivity index (χ1v) is 6.75. The van der Waals surface area contributed by atoms with Gasteiger partial charge in [0, 0.05) is 16.6 Å². The Morgan fingerprint density at radius 2 is 1.46 bits per heavy atom. The number of halogens is 8. The summed E-state index contributed by atoms with van der Waals surface area (Å²) in [6.45, 7) is 2.56. The van der Waals surface area contributed by atoms with E-state index < -0.39 is 39.4 Å². The highest BCUT2D eigenvalue weighted by molar-refractivity contribution is 6.31. The molecule has 2 aromatic rings. The van der Waals surface area contributed by atoms with E-state index in [1.54, 1.807) is 0 Å². The lowest BCUT2D eigenvalue weighted by atomic mass is 9.91. The van der Waals surface area contributed by atoms with Gasteiger partial charge in [-0.3, -0.25) is 4.79 Å². The van der Waals surface area contributed by atoms with Gasteiger partial charge in [0.25, 0.3) is 0 Å². The summed E-state index contributed by atoms with van der Waals surface area (Å²) in [5.74, 6) is 0. The first-order chi connectivity index (χ1) is 10.7. The maximum absolute atomic E-state index is 14.2. The molecule has 0 saturated heterocycles. The highest BCUT2D eigenvalue weighted by Gasteiger charge is 2.73. The second-order valence-corrected chi connectivity index (χ2v) is 5.64. The monoisotopic (exact) mass is 375 g/mol. The van der Waals surface area contributed by atoms with Crippen LogP contribution in [0, 0.1) is 13.8 Å². The molecule has 2 rings (SSSR count). The molecule has 0 unspecified atom stereocenters. The number of aromatic amines is 1. The molecule has 0 amide bonds. The summed E-state index contributed by atoms with van der Waals surface area (Å²) >= 11 is 5.67. The summed E-state index contributed by atoms with van der Waals surface area (Å²) < 4.78 is 91.3. The Morgan fingerprint density at radius 1 is 0.958 bits per heavy atom. The van der Waals surface area contributed by atoms with Gasteiger partial charge in [0.05, 0.1) is 5.52 Å². The zero-order chi connectivity index (χ0) is 18.7. The number of pyridine rings is 1. The lowest BCUT2D eigenvalue weighted by molar-refractivity contribution is -0.348. The van der Waals surface area contributed by atoms with Crippen LogP contribution in [-0.4, -0.2) is 17.3 Å². The van der Waals surface area contributed by atoms with Crippen LogP contribution in [0.5, 0.6) is 0 Å². The molecule has 10 heteroatoms. The van der Waals surface area contributed by atoms with E-state index in [-0.39, 0.29) is 22.8 Å². The summed E-state index contributed by atoms with van der Waals surface area (Å²) in [6.07, 6.45) is -12.5. The van der Waals surface area contributed by atoms with E-state index in [1.807, 2.05) is 0 Å². The van der Waals surface area contributed by atoms with E-state index in [0.29, 0.717) is 6.07 Å². The number of hydrogen-bond donors (Lipinski definition) is 1. The largest absolute Gasteiger partial charge is 0.435 e. The van der Waals surface area contributed by atoms with Crippen LogP contribution in [0.1, 0.15) is 16.8 Å². The Bertz CT molecular complexity index is 853. The predicted octanol–water partition coefficient (Wildman–Crippen LogP) is 5.09. The molecule has 0 bridgehead atoms. The molecule has 0 spiro atoms. The maximum atomic E-state index is 14.2. The molecule has 132 valence electrons. The van der Waals surface area contributed by atoms with Gasteiger partial charge in [0.2, 0.25) is 5.43 Å². The minimum Gasteiger partial charge on any atom is -0.357 e. The summed E-state index contributed by atoms with van der Waals surface area (Å²) in [6, 6.07) is 0.639. The summed E-state index contributed by atoms with van der Waals surface area (Å²) in [7, 11) is 0. The topological polar surface area (TPSA) is 32.9 Å². The van der Waals surface area contributed by atoms with Crippen molar-refractivity contribution in [2.45, 2.75) is 31.9 Å². The number of alkyl halides is 7. The van der Waals surface area contributed by atoms with Gasteiger partial charge < -0.3 is 4.98 Å². The van der Waals surface area contributed by atoms with Crippen molar-refractivity contribution in [3.8, 4) is 0 Å². The van der Waals surface area contributed by atoms with Gasteiger partial charge in [-0.2, -0.15) is 26.3 Å². The van der Waals surface area contributed by atoms with Crippen molar-refractivity contribution in [3.05, 3.63) is 44.2 Å². The highest BCUT2D eigenvalue weighted by atomic mass is 35.5. The molecule has 24 heavy (non-hydrogen) atoms. The van der Waals surface area contributed by atoms with Gasteiger partial charge in [-0.15, -0.1) is 0 Å². The number of fused-ring (bicyclic) bond motifs is 1. The second kappa shape index (κ2) is 5.37.